The number of nitrogens with zero attached hydrogens (tertiary/aromatic N) is 3. The highest BCUT2D eigenvalue weighted by molar-refractivity contribution is 6.10. The molecule has 0 bridgehead atoms. The number of hydrogen-bond acceptors (Lipinski definition) is 4. The van der Waals surface area contributed by atoms with Crippen molar-refractivity contribution in [2.45, 2.75) is 106 Å². The van der Waals surface area contributed by atoms with Gasteiger partial charge < -0.3 is 19.9 Å². The fourth-order valence-electron chi connectivity index (χ4n) is 6.51. The molecule has 3 aromatic carbocycles. The van der Waals surface area contributed by atoms with Crippen molar-refractivity contribution < 1.29 is 4.74 Å². The highest BCUT2D eigenvalue weighted by Crippen LogP contribution is 2.36. The van der Waals surface area contributed by atoms with Gasteiger partial charge in [-0.1, -0.05) is 72.6 Å². The van der Waals surface area contributed by atoms with E-state index in [9.17, 15) is 0 Å². The molecule has 0 aromatic heterocycles. The molecule has 5 nitrogen and oxygen atoms in total. The highest BCUT2D eigenvalue weighted by atomic mass is 16.5. The second kappa shape index (κ2) is 18.0. The largest absolute Gasteiger partial charge is 0.457 e. The summed E-state index contributed by atoms with van der Waals surface area (Å²) in [4.78, 5) is 9.74. The predicted octanol–water partition coefficient (Wildman–Crippen LogP) is 11.9. The van der Waals surface area contributed by atoms with E-state index in [0.717, 1.165) is 78.6 Å². The van der Waals surface area contributed by atoms with Gasteiger partial charge in [0, 0.05) is 49.0 Å². The first kappa shape index (κ1) is 36.8. The van der Waals surface area contributed by atoms with Crippen LogP contribution in [0.5, 0.6) is 11.5 Å². The molecular weight excluding hydrogens is 589 g/mol. The third-order valence-electron chi connectivity index (χ3n) is 9.72. The maximum absolute atomic E-state index is 6.48. The number of fused-ring (bicyclic) bond motifs is 1. The maximum Gasteiger partial charge on any atom is 0.137 e. The van der Waals surface area contributed by atoms with E-state index in [0.29, 0.717) is 11.8 Å². The van der Waals surface area contributed by atoms with Gasteiger partial charge in [0.1, 0.15) is 17.3 Å². The summed E-state index contributed by atoms with van der Waals surface area (Å²) in [7, 11) is 2.04. The molecule has 1 N–H and O–H groups in total. The number of unbranched alkanes of at least 4 members (excludes halogenated alkanes) is 3. The van der Waals surface area contributed by atoms with Gasteiger partial charge in [-0.15, -0.1) is 0 Å². The van der Waals surface area contributed by atoms with E-state index < -0.39 is 0 Å². The smallest absolute Gasteiger partial charge is 0.137 e. The summed E-state index contributed by atoms with van der Waals surface area (Å²) < 4.78 is 6.48. The first-order valence-electron chi connectivity index (χ1n) is 18.3. The minimum Gasteiger partial charge on any atom is -0.457 e. The van der Waals surface area contributed by atoms with E-state index in [1.54, 1.807) is 0 Å². The number of rotatable bonds is 15. The number of amidine groups is 1. The van der Waals surface area contributed by atoms with Crippen LogP contribution in [0.25, 0.3) is 0 Å². The molecule has 0 fully saturated rings. The zero-order valence-corrected chi connectivity index (χ0v) is 31.0. The summed E-state index contributed by atoms with van der Waals surface area (Å²) in [5.74, 6) is 3.66. The summed E-state index contributed by atoms with van der Waals surface area (Å²) in [6, 6.07) is 17.5. The number of nitrogens with one attached hydrogen (secondary N) is 1. The monoisotopic (exact) mass is 648 g/mol. The third kappa shape index (κ3) is 9.55. The molecule has 2 atom stereocenters. The topological polar surface area (TPSA) is 40.1 Å². The Morgan fingerprint density at radius 2 is 1.88 bits per heavy atom. The Kier molecular flexibility index (Phi) is 13.8. The minimum absolute atomic E-state index is 0.408. The number of benzene rings is 3. The van der Waals surface area contributed by atoms with Crippen molar-refractivity contribution in [1.29, 1.82) is 0 Å². The first-order chi connectivity index (χ1) is 23.2. The molecule has 0 saturated carbocycles. The molecule has 5 heteroatoms. The zero-order chi connectivity index (χ0) is 34.6. The molecule has 48 heavy (non-hydrogen) atoms. The van der Waals surface area contributed by atoms with Crippen LogP contribution in [0.4, 0.5) is 17.1 Å². The summed E-state index contributed by atoms with van der Waals surface area (Å²) >= 11 is 0. The number of hydrogen-bond donors (Lipinski definition) is 1. The van der Waals surface area contributed by atoms with Crippen LogP contribution in [-0.4, -0.2) is 26.0 Å². The summed E-state index contributed by atoms with van der Waals surface area (Å²) in [5, 5.41) is 3.71. The molecule has 0 saturated heterocycles. The average Bonchev–Trinajstić information content (AvgIpc) is 3.23. The second-order valence-corrected chi connectivity index (χ2v) is 13.8. The van der Waals surface area contributed by atoms with Crippen molar-refractivity contribution in [3.05, 3.63) is 101 Å². The van der Waals surface area contributed by atoms with E-state index in [2.05, 4.69) is 119 Å². The van der Waals surface area contributed by atoms with E-state index in [1.165, 1.54) is 48.1 Å². The highest BCUT2D eigenvalue weighted by Gasteiger charge is 2.22. The quantitative estimate of drug-likeness (QED) is 0.101. The van der Waals surface area contributed by atoms with E-state index in [1.807, 2.05) is 25.5 Å². The van der Waals surface area contributed by atoms with Gasteiger partial charge in [-0.25, -0.2) is 4.99 Å². The molecule has 0 amide bonds. The zero-order valence-electron chi connectivity index (χ0n) is 31.0. The van der Waals surface area contributed by atoms with Crippen molar-refractivity contribution in [3.8, 4) is 11.5 Å². The van der Waals surface area contributed by atoms with Gasteiger partial charge in [0.05, 0.1) is 0 Å². The Balaban J connectivity index is 1.65. The van der Waals surface area contributed by atoms with Gasteiger partial charge in [0.2, 0.25) is 0 Å². The van der Waals surface area contributed by atoms with Gasteiger partial charge in [0.15, 0.2) is 0 Å². The predicted molar refractivity (Wildman–Crippen MR) is 210 cm³/mol. The third-order valence-corrected chi connectivity index (χ3v) is 9.72. The van der Waals surface area contributed by atoms with Gasteiger partial charge in [-0.2, -0.15) is 0 Å². The van der Waals surface area contributed by atoms with E-state index >= 15 is 0 Å². The molecule has 3 aromatic rings. The van der Waals surface area contributed by atoms with Gasteiger partial charge in [-0.3, -0.25) is 0 Å². The molecule has 1 aliphatic heterocycles. The van der Waals surface area contributed by atoms with E-state index in [4.69, 9.17) is 9.73 Å². The van der Waals surface area contributed by atoms with Gasteiger partial charge in [0.25, 0.3) is 0 Å². The number of ether oxygens (including phenoxy) is 1. The van der Waals surface area contributed by atoms with E-state index in [-0.39, 0.29) is 0 Å². The van der Waals surface area contributed by atoms with Crippen LogP contribution in [0.3, 0.4) is 0 Å². The number of aliphatic imine (C=N–C) groups is 1. The molecule has 0 aliphatic carbocycles. The summed E-state index contributed by atoms with van der Waals surface area (Å²) in [6.45, 7) is 21.9. The Labute approximate surface area is 291 Å². The lowest BCUT2D eigenvalue weighted by Gasteiger charge is -2.28. The number of anilines is 3. The summed E-state index contributed by atoms with van der Waals surface area (Å²) in [5.41, 5.74) is 9.74. The lowest BCUT2D eigenvalue weighted by atomic mass is 9.96. The molecule has 0 radical (unpaired) electrons. The number of allylic oxidation sites excluding steroid dienone is 1. The van der Waals surface area contributed by atoms with Crippen molar-refractivity contribution in [2.75, 3.05) is 35.3 Å². The lowest BCUT2D eigenvalue weighted by Crippen LogP contribution is -2.29. The fraction of sp³-hybridized carbons (Fsp3) is 0.465. The van der Waals surface area contributed by atoms with Crippen molar-refractivity contribution >= 4 is 22.9 Å². The fourth-order valence-corrected chi connectivity index (χ4v) is 6.51. The van der Waals surface area contributed by atoms with Gasteiger partial charge in [-0.05, 0) is 129 Å². The van der Waals surface area contributed by atoms with Crippen LogP contribution in [-0.2, 0) is 6.42 Å². The Morgan fingerprint density at radius 3 is 2.58 bits per heavy atom. The van der Waals surface area contributed by atoms with Crippen LogP contribution in [0.15, 0.2) is 78.6 Å². The molecule has 1 aliphatic rings. The summed E-state index contributed by atoms with van der Waals surface area (Å²) in [6.07, 6.45) is 15.2. The lowest BCUT2D eigenvalue weighted by molar-refractivity contribution is 0.477. The number of aryl methyl sites for hydroxylation is 3. The Hall–Kier alpha value is -3.99. The van der Waals surface area contributed by atoms with Crippen LogP contribution >= 0.6 is 0 Å². The maximum atomic E-state index is 6.48. The normalized spacial score (nSPS) is 15.6. The van der Waals surface area contributed by atoms with Crippen molar-refractivity contribution in [3.63, 3.8) is 0 Å². The second-order valence-electron chi connectivity index (χ2n) is 13.8. The Morgan fingerprint density at radius 1 is 1.06 bits per heavy atom. The van der Waals surface area contributed by atoms with Crippen LogP contribution in [0.1, 0.15) is 113 Å². The Bertz CT molecular complexity index is 1570. The van der Waals surface area contributed by atoms with Crippen LogP contribution < -0.4 is 19.9 Å². The van der Waals surface area contributed by atoms with Crippen molar-refractivity contribution in [1.82, 2.24) is 0 Å². The minimum atomic E-state index is 0.408. The standard InChI is InChI=1S/C43H60N4O/c1-10-14-16-24-44-43(39-29-41-35(26-33(39)7)19-18-31(5)30-47(41)25-17-15-11-2)45-36-20-23-42(34(8)27-36)48-37-21-22-40(46(9)13-4)38(28-37)32(6)12-3/h13,16,20-24,26-29,31-32H,4,10-12,14-15,17-19,25,30H2,1-3,5-9H3,(H,44,45)/b24-16+. The van der Waals surface area contributed by atoms with Gasteiger partial charge >= 0.3 is 0 Å². The molecular formula is C43H60N4O. The molecule has 1 heterocycles. The molecule has 4 rings (SSSR count). The molecule has 0 spiro atoms. The van der Waals surface area contributed by atoms with Crippen LogP contribution in [0.2, 0.25) is 0 Å². The van der Waals surface area contributed by atoms with Crippen LogP contribution in [0, 0.1) is 19.8 Å². The first-order valence-corrected chi connectivity index (χ1v) is 18.3. The van der Waals surface area contributed by atoms with Crippen molar-refractivity contribution in [2.24, 2.45) is 10.9 Å². The average molecular weight is 649 g/mol. The molecule has 2 unspecified atom stereocenters. The SMILES string of the molecule is C=CN(C)c1ccc(Oc2ccc(N/C(=N/C=C/CCC)c3cc4c(cc3C)CCC(C)CN4CCCCC)cc2C)cc1C(C)CC. The molecule has 258 valence electrons.